The van der Waals surface area contributed by atoms with E-state index < -0.39 is 49.1 Å². The van der Waals surface area contributed by atoms with E-state index in [0.29, 0.717) is 0 Å². The molecule has 10 nitrogen and oxygen atoms in total. The minimum Gasteiger partial charge on any atom is -0.480 e. The lowest BCUT2D eigenvalue weighted by Crippen LogP contribution is -2.56. The van der Waals surface area contributed by atoms with E-state index in [4.69, 9.17) is 15.3 Å². The van der Waals surface area contributed by atoms with Crippen LogP contribution in [0, 0.1) is 0 Å². The van der Waals surface area contributed by atoms with Gasteiger partial charge in [0.05, 0.1) is 18.8 Å². The molecular weight excluding hydrogens is 288 g/mol. The number of carbonyl (C=O) groups is 1. The molecule has 0 saturated heterocycles. The van der Waals surface area contributed by atoms with Gasteiger partial charge >= 0.3 is 5.97 Å². The molecule has 21 heavy (non-hydrogen) atoms. The number of carboxylic acid groups (broad SMARTS) is 1. The molecule has 0 amide bonds. The Morgan fingerprint density at radius 1 is 1.10 bits per heavy atom. The standard InChI is InChI=1S/C11H24N2O8/c1-5(15)8(11(20)21)12-13(2)3-6(16)9(18)10(19)7(17)4-14/h5-10,12,14-19H,3-4H2,1-2H3,(H,20,21)/t5-,6+,7-,8+,9-,10-/m1/s1. The molecular formula is C11H24N2O8. The minimum absolute atomic E-state index is 0.299. The van der Waals surface area contributed by atoms with Crippen LogP contribution in [0.4, 0.5) is 0 Å². The molecule has 0 radical (unpaired) electrons. The molecule has 0 rings (SSSR count). The van der Waals surface area contributed by atoms with Crippen LogP contribution in [0.15, 0.2) is 0 Å². The molecule has 8 N–H and O–H groups in total. The van der Waals surface area contributed by atoms with Gasteiger partial charge in [0.1, 0.15) is 24.4 Å². The molecule has 0 bridgehead atoms. The molecule has 0 aliphatic heterocycles. The van der Waals surface area contributed by atoms with E-state index in [9.17, 15) is 25.2 Å². The molecule has 0 aromatic rings. The zero-order valence-corrected chi connectivity index (χ0v) is 11.9. The largest absolute Gasteiger partial charge is 0.480 e. The lowest BCUT2D eigenvalue weighted by Gasteiger charge is -2.30. The Labute approximate surface area is 121 Å². The lowest BCUT2D eigenvalue weighted by atomic mass is 10.0. The molecule has 0 unspecified atom stereocenters. The summed E-state index contributed by atoms with van der Waals surface area (Å²) >= 11 is 0. The number of hydrogen-bond acceptors (Lipinski definition) is 9. The van der Waals surface area contributed by atoms with Crippen molar-refractivity contribution in [2.24, 2.45) is 0 Å². The van der Waals surface area contributed by atoms with Crippen LogP contribution in [0.1, 0.15) is 6.92 Å². The summed E-state index contributed by atoms with van der Waals surface area (Å²) in [7, 11) is 1.36. The van der Waals surface area contributed by atoms with Crippen molar-refractivity contribution < 1.29 is 40.5 Å². The number of aliphatic hydroxyl groups is 6. The summed E-state index contributed by atoms with van der Waals surface area (Å²) in [5.41, 5.74) is 2.40. The smallest absolute Gasteiger partial charge is 0.324 e. The number of hydrazine groups is 1. The topological polar surface area (TPSA) is 174 Å². The van der Waals surface area contributed by atoms with Crippen molar-refractivity contribution in [1.29, 1.82) is 0 Å². The normalized spacial score (nSPS) is 20.6. The highest BCUT2D eigenvalue weighted by Crippen LogP contribution is 2.06. The second kappa shape index (κ2) is 9.23. The Balaban J connectivity index is 4.49. The molecule has 0 fully saturated rings. The highest BCUT2D eigenvalue weighted by Gasteiger charge is 2.31. The van der Waals surface area contributed by atoms with E-state index in [2.05, 4.69) is 5.43 Å². The van der Waals surface area contributed by atoms with Gasteiger partial charge in [0.25, 0.3) is 0 Å². The molecule has 126 valence electrons. The Morgan fingerprint density at radius 2 is 1.57 bits per heavy atom. The second-order valence-electron chi connectivity index (χ2n) is 4.86. The molecule has 0 aliphatic rings. The third-order valence-corrected chi connectivity index (χ3v) is 2.89. The van der Waals surface area contributed by atoms with Gasteiger partial charge in [-0.1, -0.05) is 0 Å². The van der Waals surface area contributed by atoms with E-state index in [1.165, 1.54) is 14.0 Å². The van der Waals surface area contributed by atoms with E-state index in [-0.39, 0.29) is 6.54 Å². The predicted octanol–water partition coefficient (Wildman–Crippen LogP) is -4.31. The lowest BCUT2D eigenvalue weighted by molar-refractivity contribution is -0.145. The fourth-order valence-corrected chi connectivity index (χ4v) is 1.61. The fraction of sp³-hybridized carbons (Fsp3) is 0.909. The molecule has 0 aromatic heterocycles. The van der Waals surface area contributed by atoms with Crippen molar-refractivity contribution in [2.45, 2.75) is 43.5 Å². The van der Waals surface area contributed by atoms with Gasteiger partial charge in [-0.2, -0.15) is 0 Å². The van der Waals surface area contributed by atoms with Gasteiger partial charge in [-0.05, 0) is 6.92 Å². The van der Waals surface area contributed by atoms with Crippen molar-refractivity contribution in [3.63, 3.8) is 0 Å². The summed E-state index contributed by atoms with van der Waals surface area (Å²) in [5, 5.41) is 65.8. The van der Waals surface area contributed by atoms with E-state index in [1.54, 1.807) is 0 Å². The van der Waals surface area contributed by atoms with Crippen LogP contribution < -0.4 is 5.43 Å². The first-order valence-corrected chi connectivity index (χ1v) is 6.33. The van der Waals surface area contributed by atoms with Crippen molar-refractivity contribution in [3.05, 3.63) is 0 Å². The van der Waals surface area contributed by atoms with Gasteiger partial charge in [-0.15, -0.1) is 0 Å². The van der Waals surface area contributed by atoms with Gasteiger partial charge < -0.3 is 35.7 Å². The van der Waals surface area contributed by atoms with E-state index >= 15 is 0 Å². The van der Waals surface area contributed by atoms with Crippen LogP contribution in [0.25, 0.3) is 0 Å². The average Bonchev–Trinajstić information content (AvgIpc) is 2.41. The summed E-state index contributed by atoms with van der Waals surface area (Å²) < 4.78 is 0. The Kier molecular flexibility index (Phi) is 8.85. The van der Waals surface area contributed by atoms with Gasteiger partial charge in [0.15, 0.2) is 0 Å². The quantitative estimate of drug-likeness (QED) is 0.184. The third-order valence-electron chi connectivity index (χ3n) is 2.89. The molecule has 6 atom stereocenters. The number of hydrogen-bond donors (Lipinski definition) is 8. The third kappa shape index (κ3) is 6.63. The molecule has 10 heteroatoms. The number of nitrogens with one attached hydrogen (secondary N) is 1. The number of carboxylic acids is 1. The first-order valence-electron chi connectivity index (χ1n) is 6.33. The highest BCUT2D eigenvalue weighted by atomic mass is 16.4. The van der Waals surface area contributed by atoms with E-state index in [0.717, 1.165) is 5.01 Å². The van der Waals surface area contributed by atoms with Crippen LogP contribution in [-0.4, -0.2) is 103 Å². The SMILES string of the molecule is C[C@@H](O)[C@H](NN(C)C[C@H](O)[C@@H](O)[C@H](O)[C@H](O)CO)C(=O)O. The Morgan fingerprint density at radius 3 is 1.95 bits per heavy atom. The summed E-state index contributed by atoms with van der Waals surface area (Å²) in [6.45, 7) is 0.182. The molecule has 0 heterocycles. The van der Waals surface area contributed by atoms with Crippen LogP contribution >= 0.6 is 0 Å². The number of nitrogens with zero attached hydrogens (tertiary/aromatic N) is 1. The Bertz CT molecular complexity index is 317. The zero-order chi connectivity index (χ0) is 16.7. The van der Waals surface area contributed by atoms with Crippen molar-refractivity contribution in [1.82, 2.24) is 10.4 Å². The van der Waals surface area contributed by atoms with E-state index in [1.807, 2.05) is 0 Å². The van der Waals surface area contributed by atoms with Crippen molar-refractivity contribution in [2.75, 3.05) is 20.2 Å². The summed E-state index contributed by atoms with van der Waals surface area (Å²) in [6.07, 6.45) is -7.84. The summed E-state index contributed by atoms with van der Waals surface area (Å²) in [5.74, 6) is -1.30. The van der Waals surface area contributed by atoms with Crippen LogP contribution in [-0.2, 0) is 4.79 Å². The molecule has 0 aliphatic carbocycles. The molecule has 0 aromatic carbocycles. The maximum atomic E-state index is 10.9. The van der Waals surface area contributed by atoms with Gasteiger partial charge in [0, 0.05) is 13.6 Å². The average molecular weight is 312 g/mol. The number of aliphatic hydroxyl groups excluding tert-OH is 6. The van der Waals surface area contributed by atoms with Gasteiger partial charge in [-0.25, -0.2) is 10.4 Å². The summed E-state index contributed by atoms with van der Waals surface area (Å²) in [6, 6.07) is -1.31. The number of likely N-dealkylation sites (N-methyl/N-ethyl adjacent to an activating group) is 1. The van der Waals surface area contributed by atoms with Crippen molar-refractivity contribution >= 4 is 5.97 Å². The maximum absolute atomic E-state index is 10.9. The summed E-state index contributed by atoms with van der Waals surface area (Å²) in [4.78, 5) is 10.9. The zero-order valence-electron chi connectivity index (χ0n) is 11.9. The Hall–Kier alpha value is -0.850. The number of rotatable bonds is 10. The highest BCUT2D eigenvalue weighted by molar-refractivity contribution is 5.74. The first kappa shape index (κ1) is 20.1. The van der Waals surface area contributed by atoms with Crippen LogP contribution in [0.2, 0.25) is 0 Å². The van der Waals surface area contributed by atoms with Crippen molar-refractivity contribution in [3.8, 4) is 0 Å². The molecule has 0 saturated carbocycles. The monoisotopic (exact) mass is 312 g/mol. The predicted molar refractivity (Wildman–Crippen MR) is 70.0 cm³/mol. The minimum atomic E-state index is -1.76. The van der Waals surface area contributed by atoms with Crippen LogP contribution in [0.3, 0.4) is 0 Å². The maximum Gasteiger partial charge on any atom is 0.324 e. The fourth-order valence-electron chi connectivity index (χ4n) is 1.61. The number of aliphatic carboxylic acids is 1. The van der Waals surface area contributed by atoms with Crippen LogP contribution in [0.5, 0.6) is 0 Å². The van der Waals surface area contributed by atoms with Gasteiger partial charge in [0.2, 0.25) is 0 Å². The molecule has 0 spiro atoms. The first-order chi connectivity index (χ1) is 9.61. The second-order valence-corrected chi connectivity index (χ2v) is 4.86. The van der Waals surface area contributed by atoms with Gasteiger partial charge in [-0.3, -0.25) is 4.79 Å².